The standard InChI is InChI=1S/C33H38FN5O7/c1-17-21(14-36-28-26(17)39(8-9-43-28)31(42)46-33(5,6)7)20-10-18-12-25(35-13-19(18)11-24(20)34)37-29(40)44-27-22-15-38(16-23(22)27)30(41)45-32(2,3)4/h10-14,22-23,27H,8-9,15-16H2,1-7H3,(H,35,37,40)/t22-,23+,27?. The molecule has 1 aliphatic carbocycles. The summed E-state index contributed by atoms with van der Waals surface area (Å²) in [7, 11) is 0. The number of pyridine rings is 2. The number of piperidine rings is 1. The fourth-order valence-corrected chi connectivity index (χ4v) is 5.93. The predicted octanol–water partition coefficient (Wildman–Crippen LogP) is 6.29. The van der Waals surface area contributed by atoms with Crippen LogP contribution in [-0.2, 0) is 14.2 Å². The fraction of sp³-hybridized carbons (Fsp3) is 0.485. The highest BCUT2D eigenvalue weighted by Gasteiger charge is 2.60. The molecule has 3 aromatic rings. The first-order valence-electron chi connectivity index (χ1n) is 15.3. The van der Waals surface area contributed by atoms with Gasteiger partial charge in [0.05, 0.1) is 6.54 Å². The van der Waals surface area contributed by atoms with Gasteiger partial charge in [0.25, 0.3) is 0 Å². The van der Waals surface area contributed by atoms with Gasteiger partial charge in [-0.2, -0.15) is 0 Å². The maximum absolute atomic E-state index is 15.5. The number of fused-ring (bicyclic) bond motifs is 3. The van der Waals surface area contributed by atoms with E-state index in [2.05, 4.69) is 15.3 Å². The molecule has 0 radical (unpaired) electrons. The molecule has 0 spiro atoms. The van der Waals surface area contributed by atoms with Crippen LogP contribution in [0.3, 0.4) is 0 Å². The molecule has 4 heterocycles. The molecule has 46 heavy (non-hydrogen) atoms. The van der Waals surface area contributed by atoms with E-state index in [1.165, 1.54) is 23.4 Å². The van der Waals surface area contributed by atoms with E-state index in [4.69, 9.17) is 18.9 Å². The lowest BCUT2D eigenvalue weighted by Crippen LogP contribution is -2.42. The summed E-state index contributed by atoms with van der Waals surface area (Å²) in [5.41, 5.74) is 0.485. The first-order valence-corrected chi connectivity index (χ1v) is 15.3. The van der Waals surface area contributed by atoms with Gasteiger partial charge >= 0.3 is 18.3 Å². The number of carbonyl (C=O) groups is 3. The maximum atomic E-state index is 15.5. The number of likely N-dealkylation sites (tertiary alicyclic amines) is 1. The van der Waals surface area contributed by atoms with Crippen LogP contribution in [0.2, 0.25) is 0 Å². The zero-order valence-electron chi connectivity index (χ0n) is 27.0. The highest BCUT2D eigenvalue weighted by Crippen LogP contribution is 2.48. The summed E-state index contributed by atoms with van der Waals surface area (Å²) in [6, 6.07) is 4.65. The Labute approximate surface area is 266 Å². The van der Waals surface area contributed by atoms with E-state index in [-0.39, 0.29) is 54.4 Å². The summed E-state index contributed by atoms with van der Waals surface area (Å²) >= 11 is 0. The number of halogens is 1. The van der Waals surface area contributed by atoms with Crippen molar-refractivity contribution in [2.45, 2.75) is 65.8 Å². The Morgan fingerprint density at radius 2 is 1.59 bits per heavy atom. The molecule has 1 N–H and O–H groups in total. The monoisotopic (exact) mass is 635 g/mol. The number of anilines is 2. The summed E-state index contributed by atoms with van der Waals surface area (Å²) in [5, 5.41) is 3.81. The molecule has 1 saturated carbocycles. The van der Waals surface area contributed by atoms with Crippen LogP contribution in [0.1, 0.15) is 47.1 Å². The van der Waals surface area contributed by atoms with Gasteiger partial charge in [-0.3, -0.25) is 10.2 Å². The van der Waals surface area contributed by atoms with Gasteiger partial charge in [-0.25, -0.2) is 28.7 Å². The minimum absolute atomic E-state index is 0.0680. The fourth-order valence-electron chi connectivity index (χ4n) is 5.93. The Hall–Kier alpha value is -4.68. The third-order valence-corrected chi connectivity index (χ3v) is 8.05. The lowest BCUT2D eigenvalue weighted by molar-refractivity contribution is 0.0244. The molecule has 13 heteroatoms. The second-order valence-corrected chi connectivity index (χ2v) is 13.9. The van der Waals surface area contributed by atoms with Crippen molar-refractivity contribution in [3.63, 3.8) is 0 Å². The summed E-state index contributed by atoms with van der Waals surface area (Å²) < 4.78 is 37.9. The summed E-state index contributed by atoms with van der Waals surface area (Å²) in [5.74, 6) is 0.143. The van der Waals surface area contributed by atoms with E-state index < -0.39 is 29.2 Å². The van der Waals surface area contributed by atoms with E-state index in [0.717, 1.165) is 0 Å². The van der Waals surface area contributed by atoms with Crippen molar-refractivity contribution in [2.75, 3.05) is 36.5 Å². The second kappa shape index (κ2) is 11.3. The second-order valence-electron chi connectivity index (χ2n) is 13.9. The van der Waals surface area contributed by atoms with Crippen LogP contribution in [0.15, 0.2) is 30.6 Å². The average Bonchev–Trinajstić information content (AvgIpc) is 3.36. The molecule has 3 amide bonds. The van der Waals surface area contributed by atoms with Gasteiger partial charge in [-0.1, -0.05) is 0 Å². The summed E-state index contributed by atoms with van der Waals surface area (Å²) in [6.45, 7) is 14.0. The van der Waals surface area contributed by atoms with Gasteiger partial charge in [-0.05, 0) is 77.6 Å². The number of aromatic nitrogens is 2. The molecule has 3 aliphatic rings. The number of benzene rings is 1. The van der Waals surface area contributed by atoms with Crippen molar-refractivity contribution in [3.05, 3.63) is 42.0 Å². The van der Waals surface area contributed by atoms with Crippen molar-refractivity contribution in [3.8, 4) is 17.0 Å². The number of ether oxygens (including phenoxy) is 4. The Kier molecular flexibility index (Phi) is 7.68. The topological polar surface area (TPSA) is 132 Å². The van der Waals surface area contributed by atoms with Gasteiger partial charge in [-0.15, -0.1) is 0 Å². The van der Waals surface area contributed by atoms with Crippen LogP contribution >= 0.6 is 0 Å². The molecule has 2 fully saturated rings. The minimum Gasteiger partial charge on any atom is -0.474 e. The van der Waals surface area contributed by atoms with E-state index >= 15 is 4.39 Å². The molecule has 0 bridgehead atoms. The maximum Gasteiger partial charge on any atom is 0.415 e. The van der Waals surface area contributed by atoms with Crippen LogP contribution in [0, 0.1) is 24.6 Å². The number of rotatable bonds is 3. The Bertz CT molecular complexity index is 1720. The van der Waals surface area contributed by atoms with Crippen molar-refractivity contribution in [1.82, 2.24) is 14.9 Å². The molecule has 244 valence electrons. The normalized spacial score (nSPS) is 20.4. The molecule has 12 nitrogen and oxygen atoms in total. The van der Waals surface area contributed by atoms with Gasteiger partial charge < -0.3 is 23.8 Å². The highest BCUT2D eigenvalue weighted by molar-refractivity contribution is 5.95. The van der Waals surface area contributed by atoms with E-state index in [9.17, 15) is 14.4 Å². The molecular formula is C33H38FN5O7. The number of carbonyl (C=O) groups excluding carboxylic acids is 3. The number of amides is 3. The van der Waals surface area contributed by atoms with Crippen LogP contribution in [0.5, 0.6) is 5.88 Å². The zero-order valence-corrected chi connectivity index (χ0v) is 27.0. The van der Waals surface area contributed by atoms with Gasteiger partial charge in [0.2, 0.25) is 5.88 Å². The molecule has 1 saturated heterocycles. The van der Waals surface area contributed by atoms with E-state index in [1.807, 2.05) is 20.8 Å². The SMILES string of the molecule is Cc1c(-c2cc3cc(NC(=O)OC4[C@H]5CN(C(=O)OC(C)(C)C)C[C@@H]45)ncc3cc2F)cnc2c1N(C(=O)OC(C)(C)C)CCO2. The summed E-state index contributed by atoms with van der Waals surface area (Å²) in [4.78, 5) is 49.9. The lowest BCUT2D eigenvalue weighted by atomic mass is 9.98. The summed E-state index contributed by atoms with van der Waals surface area (Å²) in [6.07, 6.45) is 1.14. The Balaban J connectivity index is 1.17. The predicted molar refractivity (Wildman–Crippen MR) is 167 cm³/mol. The van der Waals surface area contributed by atoms with Crippen LogP contribution in [0.25, 0.3) is 21.9 Å². The number of hydrogen-bond donors (Lipinski definition) is 1. The molecule has 1 unspecified atom stereocenters. The van der Waals surface area contributed by atoms with Crippen LogP contribution in [-0.4, -0.2) is 76.7 Å². The van der Waals surface area contributed by atoms with Gasteiger partial charge in [0, 0.05) is 53.8 Å². The van der Waals surface area contributed by atoms with Crippen molar-refractivity contribution in [2.24, 2.45) is 11.8 Å². The third kappa shape index (κ3) is 6.35. The molecular weight excluding hydrogens is 597 g/mol. The van der Waals surface area contributed by atoms with E-state index in [1.54, 1.807) is 44.7 Å². The Morgan fingerprint density at radius 1 is 0.913 bits per heavy atom. The van der Waals surface area contributed by atoms with Crippen LogP contribution < -0.4 is 15.0 Å². The highest BCUT2D eigenvalue weighted by atomic mass is 19.1. The van der Waals surface area contributed by atoms with Crippen molar-refractivity contribution < 1.29 is 37.7 Å². The van der Waals surface area contributed by atoms with Gasteiger partial charge in [0.1, 0.15) is 41.2 Å². The molecule has 3 atom stereocenters. The largest absolute Gasteiger partial charge is 0.474 e. The van der Waals surface area contributed by atoms with Crippen molar-refractivity contribution in [1.29, 1.82) is 0 Å². The Morgan fingerprint density at radius 3 is 2.26 bits per heavy atom. The number of hydrogen-bond acceptors (Lipinski definition) is 9. The first kappa shape index (κ1) is 31.3. The number of nitrogens with one attached hydrogen (secondary N) is 1. The minimum atomic E-state index is -0.703. The third-order valence-electron chi connectivity index (χ3n) is 8.05. The average molecular weight is 636 g/mol. The molecule has 6 rings (SSSR count). The van der Waals surface area contributed by atoms with Crippen molar-refractivity contribution >= 4 is 40.6 Å². The lowest BCUT2D eigenvalue weighted by Gasteiger charge is -2.32. The zero-order chi connectivity index (χ0) is 33.1. The van der Waals surface area contributed by atoms with E-state index in [0.29, 0.717) is 40.7 Å². The number of nitrogens with zero attached hydrogens (tertiary/aromatic N) is 4. The molecule has 2 aliphatic heterocycles. The molecule has 2 aromatic heterocycles. The molecule has 1 aromatic carbocycles. The smallest absolute Gasteiger partial charge is 0.415 e. The van der Waals surface area contributed by atoms with Crippen LogP contribution in [0.4, 0.5) is 30.3 Å². The first-order chi connectivity index (χ1) is 21.6. The quantitative estimate of drug-likeness (QED) is 0.330. The van der Waals surface area contributed by atoms with Gasteiger partial charge in [0.15, 0.2) is 0 Å².